The Morgan fingerprint density at radius 2 is 2.22 bits per heavy atom. The number of nitrogens with one attached hydrogen (secondary N) is 2. The van der Waals surface area contributed by atoms with Gasteiger partial charge in [-0.25, -0.2) is 0 Å². The van der Waals surface area contributed by atoms with Crippen LogP contribution < -0.4 is 10.6 Å². The first-order chi connectivity index (χ1) is 8.66. The Hall–Kier alpha value is -0.880. The van der Waals surface area contributed by atoms with Crippen molar-refractivity contribution in [3.05, 3.63) is 20.8 Å². The molecular formula is C12H15BrN2O2S. The fourth-order valence-electron chi connectivity index (χ4n) is 1.51. The zero-order chi connectivity index (χ0) is 13.0. The molecular weight excluding hydrogens is 316 g/mol. The van der Waals surface area contributed by atoms with Gasteiger partial charge in [0.25, 0.3) is 5.91 Å². The van der Waals surface area contributed by atoms with Crippen LogP contribution in [0, 0.1) is 0 Å². The van der Waals surface area contributed by atoms with Crippen molar-refractivity contribution in [1.82, 2.24) is 10.6 Å². The van der Waals surface area contributed by atoms with Crippen LogP contribution in [0.5, 0.6) is 0 Å². The zero-order valence-electron chi connectivity index (χ0n) is 9.87. The monoisotopic (exact) mass is 330 g/mol. The number of carbonyl (C=O) groups is 2. The van der Waals surface area contributed by atoms with Gasteiger partial charge in [-0.2, -0.15) is 0 Å². The van der Waals surface area contributed by atoms with Crippen LogP contribution in [0.1, 0.15) is 35.4 Å². The van der Waals surface area contributed by atoms with E-state index in [0.29, 0.717) is 30.3 Å². The third kappa shape index (κ3) is 4.10. The number of halogens is 1. The lowest BCUT2D eigenvalue weighted by molar-refractivity contribution is -0.121. The molecule has 0 bridgehead atoms. The average molecular weight is 331 g/mol. The van der Waals surface area contributed by atoms with Gasteiger partial charge in [-0.15, -0.1) is 11.3 Å². The van der Waals surface area contributed by atoms with E-state index in [0.717, 1.165) is 17.3 Å². The second-order valence-electron chi connectivity index (χ2n) is 4.30. The maximum Gasteiger partial charge on any atom is 0.262 e. The Kier molecular flexibility index (Phi) is 4.77. The van der Waals surface area contributed by atoms with E-state index in [9.17, 15) is 9.59 Å². The predicted octanol–water partition coefficient (Wildman–Crippen LogP) is 2.30. The van der Waals surface area contributed by atoms with Crippen LogP contribution in [0.4, 0.5) is 0 Å². The molecule has 2 N–H and O–H groups in total. The molecule has 0 radical (unpaired) electrons. The van der Waals surface area contributed by atoms with Gasteiger partial charge < -0.3 is 10.6 Å². The van der Waals surface area contributed by atoms with Crippen LogP contribution >= 0.6 is 27.3 Å². The lowest BCUT2D eigenvalue weighted by Crippen LogP contribution is -2.28. The molecule has 0 spiro atoms. The fourth-order valence-corrected chi connectivity index (χ4v) is 2.98. The van der Waals surface area contributed by atoms with Crippen LogP contribution in [-0.2, 0) is 4.79 Å². The number of carbonyl (C=O) groups excluding carboxylic acids is 2. The summed E-state index contributed by atoms with van der Waals surface area (Å²) in [5, 5.41) is 7.60. The summed E-state index contributed by atoms with van der Waals surface area (Å²) in [4.78, 5) is 23.8. The maximum atomic E-state index is 11.7. The van der Waals surface area contributed by atoms with Crippen molar-refractivity contribution < 1.29 is 9.59 Å². The number of rotatable bonds is 6. The maximum absolute atomic E-state index is 11.7. The van der Waals surface area contributed by atoms with E-state index in [1.54, 1.807) is 0 Å². The molecule has 2 amide bonds. The van der Waals surface area contributed by atoms with Crippen LogP contribution in [-0.4, -0.2) is 24.4 Å². The fraction of sp³-hybridized carbons (Fsp3) is 0.500. The highest BCUT2D eigenvalue weighted by atomic mass is 79.9. The first kappa shape index (κ1) is 13.5. The van der Waals surface area contributed by atoms with Crippen molar-refractivity contribution in [2.45, 2.75) is 31.7 Å². The summed E-state index contributed by atoms with van der Waals surface area (Å²) in [6.07, 6.45) is 3.36. The van der Waals surface area contributed by atoms with Gasteiger partial charge in [0.2, 0.25) is 5.91 Å². The summed E-state index contributed by atoms with van der Waals surface area (Å²) in [7, 11) is 0. The lowest BCUT2D eigenvalue weighted by atomic mass is 10.3. The number of hydrogen-bond donors (Lipinski definition) is 2. The SMILES string of the molecule is O=C(CCCNC(=O)c1sccc1Br)NC1CC1. The molecule has 2 rings (SSSR count). The van der Waals surface area contributed by atoms with Gasteiger partial charge in [0, 0.05) is 23.5 Å². The molecule has 6 heteroatoms. The quantitative estimate of drug-likeness (QED) is 0.786. The van der Waals surface area contributed by atoms with Crippen molar-refractivity contribution in [3.8, 4) is 0 Å². The molecule has 0 unspecified atom stereocenters. The molecule has 1 fully saturated rings. The van der Waals surface area contributed by atoms with E-state index in [1.165, 1.54) is 11.3 Å². The molecule has 1 saturated carbocycles. The third-order valence-electron chi connectivity index (χ3n) is 2.63. The van der Waals surface area contributed by atoms with E-state index >= 15 is 0 Å². The van der Waals surface area contributed by atoms with E-state index in [4.69, 9.17) is 0 Å². The molecule has 0 aliphatic heterocycles. The molecule has 98 valence electrons. The molecule has 1 heterocycles. The van der Waals surface area contributed by atoms with Gasteiger partial charge in [0.05, 0.1) is 0 Å². The second-order valence-corrected chi connectivity index (χ2v) is 6.07. The highest BCUT2D eigenvalue weighted by Gasteiger charge is 2.22. The van der Waals surface area contributed by atoms with Crippen molar-refractivity contribution in [3.63, 3.8) is 0 Å². The van der Waals surface area contributed by atoms with Crippen LogP contribution in [0.25, 0.3) is 0 Å². The van der Waals surface area contributed by atoms with Gasteiger partial charge in [0.15, 0.2) is 0 Å². The normalized spacial score (nSPS) is 14.3. The Bertz CT molecular complexity index is 443. The minimum atomic E-state index is -0.0838. The smallest absolute Gasteiger partial charge is 0.262 e. The zero-order valence-corrected chi connectivity index (χ0v) is 12.3. The highest BCUT2D eigenvalue weighted by molar-refractivity contribution is 9.10. The number of thiophene rings is 1. The molecule has 18 heavy (non-hydrogen) atoms. The van der Waals surface area contributed by atoms with E-state index in [1.807, 2.05) is 11.4 Å². The van der Waals surface area contributed by atoms with Gasteiger partial charge in [-0.3, -0.25) is 9.59 Å². The topological polar surface area (TPSA) is 58.2 Å². The van der Waals surface area contributed by atoms with Crippen molar-refractivity contribution in [2.24, 2.45) is 0 Å². The minimum absolute atomic E-state index is 0.0838. The van der Waals surface area contributed by atoms with Crippen molar-refractivity contribution >= 4 is 39.1 Å². The van der Waals surface area contributed by atoms with Crippen LogP contribution in [0.2, 0.25) is 0 Å². The van der Waals surface area contributed by atoms with Crippen molar-refractivity contribution in [1.29, 1.82) is 0 Å². The second kappa shape index (κ2) is 6.33. The summed E-state index contributed by atoms with van der Waals surface area (Å²) in [5.74, 6) is 0.00327. The van der Waals surface area contributed by atoms with Crippen LogP contribution in [0.3, 0.4) is 0 Å². The summed E-state index contributed by atoms with van der Waals surface area (Å²) in [5.41, 5.74) is 0. The third-order valence-corrected chi connectivity index (χ3v) is 4.47. The van der Waals surface area contributed by atoms with Crippen molar-refractivity contribution in [2.75, 3.05) is 6.54 Å². The Balaban J connectivity index is 1.61. The summed E-state index contributed by atoms with van der Waals surface area (Å²) >= 11 is 4.72. The molecule has 0 saturated heterocycles. The summed E-state index contributed by atoms with van der Waals surface area (Å²) in [6, 6.07) is 2.26. The van der Waals surface area contributed by atoms with Gasteiger partial charge >= 0.3 is 0 Å². The van der Waals surface area contributed by atoms with Gasteiger partial charge in [-0.1, -0.05) is 0 Å². The summed E-state index contributed by atoms with van der Waals surface area (Å²) < 4.78 is 0.816. The molecule has 4 nitrogen and oxygen atoms in total. The molecule has 0 atom stereocenters. The lowest BCUT2D eigenvalue weighted by Gasteiger charge is -2.05. The van der Waals surface area contributed by atoms with Gasteiger partial charge in [-0.05, 0) is 46.6 Å². The van der Waals surface area contributed by atoms with E-state index < -0.39 is 0 Å². The Morgan fingerprint density at radius 3 is 2.83 bits per heavy atom. The Morgan fingerprint density at radius 1 is 1.44 bits per heavy atom. The molecule has 1 aromatic rings. The largest absolute Gasteiger partial charge is 0.353 e. The highest BCUT2D eigenvalue weighted by Crippen LogP contribution is 2.22. The molecule has 0 aromatic carbocycles. The Labute approximate surface area is 118 Å². The van der Waals surface area contributed by atoms with E-state index in [-0.39, 0.29) is 11.8 Å². The first-order valence-electron chi connectivity index (χ1n) is 5.97. The van der Waals surface area contributed by atoms with Gasteiger partial charge in [0.1, 0.15) is 4.88 Å². The minimum Gasteiger partial charge on any atom is -0.353 e. The molecule has 1 aliphatic rings. The predicted molar refractivity (Wildman–Crippen MR) is 74.8 cm³/mol. The standard InChI is InChI=1S/C12H15BrN2O2S/c13-9-5-7-18-11(9)12(17)14-6-1-2-10(16)15-8-3-4-8/h5,7-8H,1-4,6H2,(H,14,17)(H,15,16). The van der Waals surface area contributed by atoms with E-state index in [2.05, 4.69) is 26.6 Å². The molecule has 1 aliphatic carbocycles. The molecule has 1 aromatic heterocycles. The summed E-state index contributed by atoms with van der Waals surface area (Å²) in [6.45, 7) is 0.529. The number of hydrogen-bond acceptors (Lipinski definition) is 3. The van der Waals surface area contributed by atoms with Crippen LogP contribution in [0.15, 0.2) is 15.9 Å². The number of amides is 2. The average Bonchev–Trinajstić information content (AvgIpc) is 3.04. The first-order valence-corrected chi connectivity index (χ1v) is 7.64.